The normalized spacial score (nSPS) is 17.0. The summed E-state index contributed by atoms with van der Waals surface area (Å²) < 4.78 is 13.4. The molecule has 0 unspecified atom stereocenters. The Hall–Kier alpha value is -0.310. The fourth-order valence-corrected chi connectivity index (χ4v) is 1.80. The van der Waals surface area contributed by atoms with E-state index in [1.165, 1.54) is 18.9 Å². The third kappa shape index (κ3) is 3.33. The van der Waals surface area contributed by atoms with E-state index >= 15 is 0 Å². The van der Waals surface area contributed by atoms with Crippen LogP contribution < -0.4 is 5.73 Å². The van der Waals surface area contributed by atoms with Gasteiger partial charge in [-0.1, -0.05) is 30.5 Å². The van der Waals surface area contributed by atoms with Crippen molar-refractivity contribution in [2.45, 2.75) is 25.3 Å². The van der Waals surface area contributed by atoms with Gasteiger partial charge in [0.1, 0.15) is 5.82 Å². The molecule has 1 saturated carbocycles. The van der Waals surface area contributed by atoms with Crippen LogP contribution in [-0.4, -0.2) is 0 Å². The molecule has 0 radical (unpaired) electrons. The maximum absolute atomic E-state index is 13.4. The van der Waals surface area contributed by atoms with Crippen LogP contribution in [0.1, 0.15) is 30.9 Å². The summed E-state index contributed by atoms with van der Waals surface area (Å²) in [6.45, 7) is 0. The van der Waals surface area contributed by atoms with Crippen molar-refractivity contribution < 1.29 is 4.39 Å². The minimum atomic E-state index is -0.286. The van der Waals surface area contributed by atoms with Gasteiger partial charge >= 0.3 is 0 Å². The van der Waals surface area contributed by atoms with Crippen molar-refractivity contribution in [3.05, 3.63) is 34.6 Å². The van der Waals surface area contributed by atoms with E-state index in [4.69, 9.17) is 17.3 Å². The maximum atomic E-state index is 13.4. The van der Waals surface area contributed by atoms with Gasteiger partial charge in [0.05, 0.1) is 0 Å². The molecular weight excluding hydrogens is 236 g/mol. The highest BCUT2D eigenvalue weighted by Gasteiger charge is 2.25. The van der Waals surface area contributed by atoms with Gasteiger partial charge in [0.15, 0.2) is 0 Å². The van der Waals surface area contributed by atoms with Crippen molar-refractivity contribution in [1.29, 1.82) is 0 Å². The number of hydrogen-bond acceptors (Lipinski definition) is 1. The zero-order valence-corrected chi connectivity index (χ0v) is 9.82. The first-order chi connectivity index (χ1) is 6.66. The number of halogens is 3. The SMILES string of the molecule is Cl.N[C@@H](CC1CC1)c1ccc(Cl)cc1F. The fourth-order valence-electron chi connectivity index (χ4n) is 1.64. The lowest BCUT2D eigenvalue weighted by molar-refractivity contribution is 0.543. The highest BCUT2D eigenvalue weighted by molar-refractivity contribution is 6.30. The van der Waals surface area contributed by atoms with Crippen LogP contribution in [0.25, 0.3) is 0 Å². The van der Waals surface area contributed by atoms with Crippen molar-refractivity contribution in [2.24, 2.45) is 11.7 Å². The van der Waals surface area contributed by atoms with Crippen molar-refractivity contribution in [3.63, 3.8) is 0 Å². The van der Waals surface area contributed by atoms with Crippen molar-refractivity contribution >= 4 is 24.0 Å². The molecule has 0 heterocycles. The monoisotopic (exact) mass is 249 g/mol. The fraction of sp³-hybridized carbons (Fsp3) is 0.455. The van der Waals surface area contributed by atoms with E-state index < -0.39 is 0 Å². The van der Waals surface area contributed by atoms with Crippen molar-refractivity contribution in [2.75, 3.05) is 0 Å². The van der Waals surface area contributed by atoms with Gasteiger partial charge in [0, 0.05) is 16.6 Å². The maximum Gasteiger partial charge on any atom is 0.129 e. The first kappa shape index (κ1) is 12.8. The van der Waals surface area contributed by atoms with E-state index in [0.717, 1.165) is 6.42 Å². The van der Waals surface area contributed by atoms with Crippen LogP contribution in [0.5, 0.6) is 0 Å². The summed E-state index contributed by atoms with van der Waals surface area (Å²) in [6.07, 6.45) is 3.37. The van der Waals surface area contributed by atoms with Gasteiger partial charge in [-0.25, -0.2) is 4.39 Å². The molecule has 0 aliphatic heterocycles. The van der Waals surface area contributed by atoms with Gasteiger partial charge in [-0.2, -0.15) is 0 Å². The molecule has 0 saturated heterocycles. The molecule has 1 aliphatic rings. The third-order valence-corrected chi connectivity index (χ3v) is 2.88. The van der Waals surface area contributed by atoms with Gasteiger partial charge in [0.25, 0.3) is 0 Å². The molecule has 4 heteroatoms. The molecule has 0 spiro atoms. The van der Waals surface area contributed by atoms with E-state index in [-0.39, 0.29) is 24.3 Å². The molecule has 1 nitrogen and oxygen atoms in total. The molecule has 0 amide bonds. The molecule has 0 aromatic heterocycles. The molecular formula is C11H14Cl2FN. The Balaban J connectivity index is 0.00000112. The summed E-state index contributed by atoms with van der Waals surface area (Å²) >= 11 is 5.66. The van der Waals surface area contributed by atoms with Crippen molar-refractivity contribution in [3.8, 4) is 0 Å². The summed E-state index contributed by atoms with van der Waals surface area (Å²) in [7, 11) is 0. The van der Waals surface area contributed by atoms with E-state index in [2.05, 4.69) is 0 Å². The number of rotatable bonds is 3. The van der Waals surface area contributed by atoms with E-state index in [1.807, 2.05) is 0 Å². The predicted octanol–water partition coefficient (Wildman–Crippen LogP) is 3.70. The highest BCUT2D eigenvalue weighted by atomic mass is 35.5. The summed E-state index contributed by atoms with van der Waals surface area (Å²) in [5.41, 5.74) is 6.49. The molecule has 15 heavy (non-hydrogen) atoms. The Morgan fingerprint density at radius 3 is 2.67 bits per heavy atom. The molecule has 1 atom stereocenters. The second-order valence-electron chi connectivity index (χ2n) is 3.95. The van der Waals surface area contributed by atoms with Gasteiger partial charge in [-0.15, -0.1) is 12.4 Å². The highest BCUT2D eigenvalue weighted by Crippen LogP contribution is 2.37. The molecule has 0 bridgehead atoms. The third-order valence-electron chi connectivity index (χ3n) is 2.65. The first-order valence-corrected chi connectivity index (χ1v) is 5.25. The number of nitrogens with two attached hydrogens (primary N) is 1. The second kappa shape index (κ2) is 5.15. The van der Waals surface area contributed by atoms with Crippen LogP contribution >= 0.6 is 24.0 Å². The van der Waals surface area contributed by atoms with Gasteiger partial charge < -0.3 is 5.73 Å². The molecule has 1 aromatic carbocycles. The zero-order chi connectivity index (χ0) is 10.1. The number of hydrogen-bond donors (Lipinski definition) is 1. The lowest BCUT2D eigenvalue weighted by atomic mass is 10.0. The lowest BCUT2D eigenvalue weighted by Gasteiger charge is -2.12. The van der Waals surface area contributed by atoms with Crippen LogP contribution in [0.2, 0.25) is 5.02 Å². The number of benzene rings is 1. The molecule has 2 rings (SSSR count). The standard InChI is InChI=1S/C11H13ClFN.ClH/c12-8-3-4-9(10(13)6-8)11(14)5-7-1-2-7;/h3-4,6-7,11H,1-2,5,14H2;1H/t11-;/m0./s1. The van der Waals surface area contributed by atoms with Crippen LogP contribution in [-0.2, 0) is 0 Å². The van der Waals surface area contributed by atoms with E-state index in [0.29, 0.717) is 16.5 Å². The van der Waals surface area contributed by atoms with Gasteiger partial charge in [-0.05, 0) is 24.5 Å². The topological polar surface area (TPSA) is 26.0 Å². The Morgan fingerprint density at radius 2 is 2.13 bits per heavy atom. The van der Waals surface area contributed by atoms with E-state index in [1.54, 1.807) is 12.1 Å². The Bertz CT molecular complexity index is 339. The Kier molecular flexibility index (Phi) is 4.38. The van der Waals surface area contributed by atoms with Gasteiger partial charge in [0.2, 0.25) is 0 Å². The smallest absolute Gasteiger partial charge is 0.129 e. The summed E-state index contributed by atoms with van der Waals surface area (Å²) in [4.78, 5) is 0. The average molecular weight is 250 g/mol. The lowest BCUT2D eigenvalue weighted by Crippen LogP contribution is -2.12. The molecule has 84 valence electrons. The zero-order valence-electron chi connectivity index (χ0n) is 8.25. The summed E-state index contributed by atoms with van der Waals surface area (Å²) in [5, 5.41) is 0.421. The summed E-state index contributed by atoms with van der Waals surface area (Å²) in [6, 6.07) is 4.51. The van der Waals surface area contributed by atoms with Gasteiger partial charge in [-0.3, -0.25) is 0 Å². The second-order valence-corrected chi connectivity index (χ2v) is 4.39. The van der Waals surface area contributed by atoms with Crippen LogP contribution in [0.15, 0.2) is 18.2 Å². The summed E-state index contributed by atoms with van der Waals surface area (Å²) in [5.74, 6) is 0.422. The first-order valence-electron chi connectivity index (χ1n) is 4.87. The molecule has 2 N–H and O–H groups in total. The minimum Gasteiger partial charge on any atom is -0.324 e. The van der Waals surface area contributed by atoms with Crippen LogP contribution in [0.3, 0.4) is 0 Å². The molecule has 1 fully saturated rings. The minimum absolute atomic E-state index is 0. The van der Waals surface area contributed by atoms with E-state index in [9.17, 15) is 4.39 Å². The largest absolute Gasteiger partial charge is 0.324 e. The average Bonchev–Trinajstić information content (AvgIpc) is 2.87. The van der Waals surface area contributed by atoms with Crippen LogP contribution in [0, 0.1) is 11.7 Å². The predicted molar refractivity (Wildman–Crippen MR) is 62.9 cm³/mol. The molecule has 1 aliphatic carbocycles. The quantitative estimate of drug-likeness (QED) is 0.869. The Labute approximate surface area is 100 Å². The van der Waals surface area contributed by atoms with Crippen molar-refractivity contribution in [1.82, 2.24) is 0 Å². The molecule has 1 aromatic rings. The Morgan fingerprint density at radius 1 is 1.47 bits per heavy atom. The van der Waals surface area contributed by atoms with Crippen LogP contribution in [0.4, 0.5) is 4.39 Å².